The number of aliphatic imine (C=N–C) groups is 1. The van der Waals surface area contributed by atoms with E-state index in [1.165, 1.54) is 0 Å². The van der Waals surface area contributed by atoms with Crippen LogP contribution < -0.4 is 5.32 Å². The zero-order valence-corrected chi connectivity index (χ0v) is 14.5. The van der Waals surface area contributed by atoms with Gasteiger partial charge in [-0.2, -0.15) is 0 Å². The fraction of sp³-hybridized carbons (Fsp3) is 0.643. The SMILES string of the molecule is Cc1nc(CN(C)C(=NCC(=O)N(C)C)NC(C)C)cs1. The summed E-state index contributed by atoms with van der Waals surface area (Å²) in [6.07, 6.45) is 0. The Hall–Kier alpha value is -1.63. The first-order valence-corrected chi connectivity index (χ1v) is 7.80. The second kappa shape index (κ2) is 7.97. The van der Waals surface area contributed by atoms with Gasteiger partial charge in [0.25, 0.3) is 0 Å². The molecule has 1 N–H and O–H groups in total. The van der Waals surface area contributed by atoms with Gasteiger partial charge >= 0.3 is 0 Å². The summed E-state index contributed by atoms with van der Waals surface area (Å²) in [5.41, 5.74) is 1.01. The molecule has 0 aliphatic carbocycles. The van der Waals surface area contributed by atoms with Crippen molar-refractivity contribution in [3.8, 4) is 0 Å². The maximum atomic E-state index is 11.7. The van der Waals surface area contributed by atoms with Gasteiger partial charge < -0.3 is 15.1 Å². The molecule has 0 bridgehead atoms. The van der Waals surface area contributed by atoms with Gasteiger partial charge in [0.15, 0.2) is 5.96 Å². The summed E-state index contributed by atoms with van der Waals surface area (Å²) < 4.78 is 0. The van der Waals surface area contributed by atoms with Gasteiger partial charge in [0.1, 0.15) is 6.54 Å². The van der Waals surface area contributed by atoms with Gasteiger partial charge in [-0.3, -0.25) is 4.79 Å². The molecule has 0 aromatic carbocycles. The highest BCUT2D eigenvalue weighted by Crippen LogP contribution is 2.09. The average Bonchev–Trinajstić information content (AvgIpc) is 2.78. The lowest BCUT2D eigenvalue weighted by molar-refractivity contribution is -0.127. The van der Waals surface area contributed by atoms with Crippen molar-refractivity contribution >= 4 is 23.2 Å². The van der Waals surface area contributed by atoms with E-state index in [1.54, 1.807) is 30.3 Å². The maximum absolute atomic E-state index is 11.7. The van der Waals surface area contributed by atoms with Crippen LogP contribution in [0.1, 0.15) is 24.5 Å². The van der Waals surface area contributed by atoms with Crippen molar-refractivity contribution in [1.82, 2.24) is 20.1 Å². The second-order valence-electron chi connectivity index (χ2n) is 5.44. The third-order valence-electron chi connectivity index (χ3n) is 2.71. The number of hydrogen-bond acceptors (Lipinski definition) is 4. The summed E-state index contributed by atoms with van der Waals surface area (Å²) in [4.78, 5) is 24.1. The minimum atomic E-state index is -0.0176. The van der Waals surface area contributed by atoms with Crippen molar-refractivity contribution in [2.75, 3.05) is 27.7 Å². The van der Waals surface area contributed by atoms with Crippen LogP contribution >= 0.6 is 11.3 Å². The number of nitrogens with zero attached hydrogens (tertiary/aromatic N) is 4. The first-order chi connectivity index (χ1) is 9.79. The van der Waals surface area contributed by atoms with Gasteiger partial charge in [-0.15, -0.1) is 11.3 Å². The quantitative estimate of drug-likeness (QED) is 0.658. The number of nitrogens with one attached hydrogen (secondary N) is 1. The number of thiazole rings is 1. The highest BCUT2D eigenvalue weighted by atomic mass is 32.1. The van der Waals surface area contributed by atoms with Crippen LogP contribution in [0.4, 0.5) is 0 Å². The lowest BCUT2D eigenvalue weighted by Crippen LogP contribution is -2.42. The Kier molecular flexibility index (Phi) is 6.61. The topological polar surface area (TPSA) is 60.8 Å². The minimum absolute atomic E-state index is 0.0176. The molecule has 118 valence electrons. The summed E-state index contributed by atoms with van der Waals surface area (Å²) in [6.45, 7) is 6.89. The Morgan fingerprint density at radius 1 is 1.43 bits per heavy atom. The first-order valence-electron chi connectivity index (χ1n) is 6.93. The van der Waals surface area contributed by atoms with E-state index < -0.39 is 0 Å². The highest BCUT2D eigenvalue weighted by molar-refractivity contribution is 7.09. The van der Waals surface area contributed by atoms with E-state index in [2.05, 4.69) is 15.3 Å². The van der Waals surface area contributed by atoms with Crippen LogP contribution in [-0.2, 0) is 11.3 Å². The third kappa shape index (κ3) is 6.12. The molecule has 1 amide bonds. The molecular weight excluding hydrogens is 286 g/mol. The van der Waals surface area contributed by atoms with Crippen LogP contribution in [0.25, 0.3) is 0 Å². The lowest BCUT2D eigenvalue weighted by Gasteiger charge is -2.23. The number of aryl methyl sites for hydroxylation is 1. The van der Waals surface area contributed by atoms with Crippen LogP contribution in [0.5, 0.6) is 0 Å². The van der Waals surface area contributed by atoms with Gasteiger partial charge in [-0.05, 0) is 20.8 Å². The molecule has 0 atom stereocenters. The molecule has 1 aromatic rings. The third-order valence-corrected chi connectivity index (χ3v) is 3.53. The number of carbonyl (C=O) groups excluding carboxylic acids is 1. The zero-order chi connectivity index (χ0) is 16.0. The van der Waals surface area contributed by atoms with E-state index in [0.29, 0.717) is 12.5 Å². The Morgan fingerprint density at radius 2 is 2.10 bits per heavy atom. The fourth-order valence-electron chi connectivity index (χ4n) is 1.62. The predicted octanol–water partition coefficient (Wildman–Crippen LogP) is 1.33. The summed E-state index contributed by atoms with van der Waals surface area (Å²) in [5, 5.41) is 6.38. The van der Waals surface area contributed by atoms with E-state index >= 15 is 0 Å². The normalized spacial score (nSPS) is 11.7. The Morgan fingerprint density at radius 3 is 2.57 bits per heavy atom. The molecule has 0 spiro atoms. The number of carbonyl (C=O) groups is 1. The monoisotopic (exact) mass is 311 g/mol. The molecule has 0 saturated heterocycles. The highest BCUT2D eigenvalue weighted by Gasteiger charge is 2.11. The van der Waals surface area contributed by atoms with E-state index in [4.69, 9.17) is 0 Å². The largest absolute Gasteiger partial charge is 0.354 e. The number of guanidine groups is 1. The fourth-order valence-corrected chi connectivity index (χ4v) is 2.22. The molecule has 6 nitrogen and oxygen atoms in total. The van der Waals surface area contributed by atoms with E-state index in [1.807, 2.05) is 38.1 Å². The summed E-state index contributed by atoms with van der Waals surface area (Å²) in [5.74, 6) is 0.696. The molecule has 21 heavy (non-hydrogen) atoms. The second-order valence-corrected chi connectivity index (χ2v) is 6.50. The first kappa shape index (κ1) is 17.4. The molecule has 0 saturated carbocycles. The zero-order valence-electron chi connectivity index (χ0n) is 13.7. The van der Waals surface area contributed by atoms with E-state index in [9.17, 15) is 4.79 Å². The Labute approximate surface area is 130 Å². The smallest absolute Gasteiger partial charge is 0.243 e. The Bertz CT molecular complexity index is 495. The molecule has 0 unspecified atom stereocenters. The maximum Gasteiger partial charge on any atom is 0.243 e. The van der Waals surface area contributed by atoms with Crippen LogP contribution in [0.2, 0.25) is 0 Å². The Balaban J connectivity index is 2.75. The molecule has 0 aliphatic heterocycles. The van der Waals surface area contributed by atoms with Crippen molar-refractivity contribution in [3.63, 3.8) is 0 Å². The molecule has 0 fully saturated rings. The van der Waals surface area contributed by atoms with Crippen LogP contribution in [0, 0.1) is 6.92 Å². The number of rotatable bonds is 5. The van der Waals surface area contributed by atoms with Crippen molar-refractivity contribution in [2.24, 2.45) is 4.99 Å². The van der Waals surface area contributed by atoms with Gasteiger partial charge in [0.2, 0.25) is 5.91 Å². The van der Waals surface area contributed by atoms with Crippen LogP contribution in [0.15, 0.2) is 10.4 Å². The van der Waals surface area contributed by atoms with E-state index in [-0.39, 0.29) is 18.5 Å². The average molecular weight is 311 g/mol. The van der Waals surface area contributed by atoms with E-state index in [0.717, 1.165) is 10.7 Å². The molecule has 1 heterocycles. The van der Waals surface area contributed by atoms with Gasteiger partial charge in [0, 0.05) is 32.6 Å². The van der Waals surface area contributed by atoms with Crippen LogP contribution in [0.3, 0.4) is 0 Å². The van der Waals surface area contributed by atoms with Gasteiger partial charge in [0.05, 0.1) is 17.2 Å². The van der Waals surface area contributed by atoms with Crippen molar-refractivity contribution in [3.05, 3.63) is 16.1 Å². The predicted molar refractivity (Wildman–Crippen MR) is 87.6 cm³/mol. The standard InChI is InChI=1S/C14H25N5OS/c1-10(2)16-14(15-7-13(20)18(4)5)19(6)8-12-9-21-11(3)17-12/h9-10H,7-8H2,1-6H3,(H,15,16). The molecule has 1 rings (SSSR count). The molecule has 0 radical (unpaired) electrons. The number of hydrogen-bond donors (Lipinski definition) is 1. The van der Waals surface area contributed by atoms with Crippen molar-refractivity contribution in [1.29, 1.82) is 0 Å². The van der Waals surface area contributed by atoms with Crippen LogP contribution in [-0.4, -0.2) is 60.4 Å². The lowest BCUT2D eigenvalue weighted by atomic mass is 10.4. The minimum Gasteiger partial charge on any atom is -0.354 e. The number of amides is 1. The number of aromatic nitrogens is 1. The number of likely N-dealkylation sites (N-methyl/N-ethyl adjacent to an activating group) is 1. The molecule has 7 heteroatoms. The summed E-state index contributed by atoms with van der Waals surface area (Å²) in [7, 11) is 5.41. The summed E-state index contributed by atoms with van der Waals surface area (Å²) >= 11 is 1.64. The van der Waals surface area contributed by atoms with Crippen molar-refractivity contribution in [2.45, 2.75) is 33.4 Å². The molecule has 0 aliphatic rings. The van der Waals surface area contributed by atoms with Crippen molar-refractivity contribution < 1.29 is 4.79 Å². The van der Waals surface area contributed by atoms with Gasteiger partial charge in [-0.1, -0.05) is 0 Å². The summed E-state index contributed by atoms with van der Waals surface area (Å²) in [6, 6.07) is 0.248. The molecule has 1 aromatic heterocycles. The molecular formula is C14H25N5OS. The van der Waals surface area contributed by atoms with Gasteiger partial charge in [-0.25, -0.2) is 9.98 Å².